The van der Waals surface area contributed by atoms with Crippen molar-refractivity contribution in [1.29, 1.82) is 0 Å². The molecule has 4 rings (SSSR count). The Hall–Kier alpha value is -4.26. The van der Waals surface area contributed by atoms with E-state index in [9.17, 15) is 14.7 Å². The van der Waals surface area contributed by atoms with Crippen LogP contribution in [0.4, 0.5) is 5.69 Å². The first kappa shape index (κ1) is 20.0. The molecule has 0 bridgehead atoms. The number of nitrogens with zero attached hydrogens (tertiary/aromatic N) is 3. The van der Waals surface area contributed by atoms with E-state index in [1.54, 1.807) is 73.7 Å². The number of rotatable bonds is 4. The molecule has 0 saturated carbocycles. The number of aliphatic imine (C=N–C) groups is 1. The highest BCUT2D eigenvalue weighted by atomic mass is 16.5. The quantitative estimate of drug-likeness (QED) is 0.404. The number of aromatic nitrogens is 2. The van der Waals surface area contributed by atoms with Gasteiger partial charge in [-0.05, 0) is 37.3 Å². The molecule has 2 aromatic heterocycles. The summed E-state index contributed by atoms with van der Waals surface area (Å²) in [6.45, 7) is 1.80. The molecule has 0 saturated heterocycles. The second-order valence-corrected chi connectivity index (χ2v) is 6.83. The summed E-state index contributed by atoms with van der Waals surface area (Å²) in [5.41, 5.74) is 1.32. The number of aryl methyl sites for hydroxylation is 1. The maximum Gasteiger partial charge on any atom is 0.340 e. The molecule has 31 heavy (non-hydrogen) atoms. The molecule has 0 aliphatic rings. The Morgan fingerprint density at radius 1 is 1.03 bits per heavy atom. The van der Waals surface area contributed by atoms with E-state index in [4.69, 9.17) is 4.74 Å². The predicted octanol–water partition coefficient (Wildman–Crippen LogP) is 3.94. The largest absolute Gasteiger partial charge is 0.494 e. The number of pyridine rings is 2. The molecule has 0 atom stereocenters. The molecule has 2 aromatic carbocycles. The van der Waals surface area contributed by atoms with E-state index in [1.165, 1.54) is 13.3 Å². The summed E-state index contributed by atoms with van der Waals surface area (Å²) in [6.07, 6.45) is 1.44. The molecule has 0 aliphatic heterocycles. The summed E-state index contributed by atoms with van der Waals surface area (Å²) in [5.74, 6) is -0.505. The summed E-state index contributed by atoms with van der Waals surface area (Å²) >= 11 is 0. The van der Waals surface area contributed by atoms with Crippen molar-refractivity contribution in [3.8, 4) is 11.7 Å². The van der Waals surface area contributed by atoms with E-state index < -0.39 is 11.5 Å². The van der Waals surface area contributed by atoms with Crippen molar-refractivity contribution in [2.75, 3.05) is 7.11 Å². The number of methoxy groups -OCH3 is 1. The number of hydrogen-bond donors (Lipinski definition) is 1. The van der Waals surface area contributed by atoms with Gasteiger partial charge in [-0.15, -0.1) is 0 Å². The predicted molar refractivity (Wildman–Crippen MR) is 119 cm³/mol. The fraction of sp³-hybridized carbons (Fsp3) is 0.0833. The van der Waals surface area contributed by atoms with Gasteiger partial charge in [0.15, 0.2) is 0 Å². The lowest BCUT2D eigenvalue weighted by atomic mass is 10.1. The van der Waals surface area contributed by atoms with Crippen molar-refractivity contribution >= 4 is 28.6 Å². The summed E-state index contributed by atoms with van der Waals surface area (Å²) in [7, 11) is 1.30. The van der Waals surface area contributed by atoms with Crippen molar-refractivity contribution in [1.82, 2.24) is 9.55 Å². The lowest BCUT2D eigenvalue weighted by Gasteiger charge is -2.13. The number of hydrogen-bond acceptors (Lipinski definition) is 6. The number of fused-ring (bicyclic) bond motifs is 1. The van der Waals surface area contributed by atoms with Crippen molar-refractivity contribution in [2.24, 2.45) is 4.99 Å². The maximum absolute atomic E-state index is 13.1. The van der Waals surface area contributed by atoms with Crippen molar-refractivity contribution in [2.45, 2.75) is 6.92 Å². The van der Waals surface area contributed by atoms with Gasteiger partial charge in [-0.3, -0.25) is 9.79 Å². The Morgan fingerprint density at radius 2 is 1.74 bits per heavy atom. The van der Waals surface area contributed by atoms with Gasteiger partial charge in [-0.1, -0.05) is 36.4 Å². The first-order valence-corrected chi connectivity index (χ1v) is 9.53. The Kier molecular flexibility index (Phi) is 5.32. The number of para-hydroxylation sites is 1. The Bertz CT molecular complexity index is 1390. The Morgan fingerprint density at radius 3 is 2.48 bits per heavy atom. The van der Waals surface area contributed by atoms with E-state index in [1.807, 2.05) is 0 Å². The van der Waals surface area contributed by atoms with Gasteiger partial charge in [0.1, 0.15) is 5.82 Å². The number of benzene rings is 2. The lowest BCUT2D eigenvalue weighted by Crippen LogP contribution is -2.21. The first-order chi connectivity index (χ1) is 15.0. The smallest absolute Gasteiger partial charge is 0.340 e. The summed E-state index contributed by atoms with van der Waals surface area (Å²) in [5, 5.41) is 12.0. The molecule has 0 unspecified atom stereocenters. The highest BCUT2D eigenvalue weighted by Crippen LogP contribution is 2.27. The average Bonchev–Trinajstić information content (AvgIpc) is 2.79. The minimum absolute atomic E-state index is 0.290. The third-order valence-electron chi connectivity index (χ3n) is 4.85. The molecular weight excluding hydrogens is 394 g/mol. The van der Waals surface area contributed by atoms with E-state index in [2.05, 4.69) is 9.98 Å². The van der Waals surface area contributed by atoms with Crippen LogP contribution in [0.1, 0.15) is 21.6 Å². The van der Waals surface area contributed by atoms with Gasteiger partial charge in [-0.2, -0.15) is 0 Å². The molecule has 4 aromatic rings. The molecule has 7 heteroatoms. The van der Waals surface area contributed by atoms with Crippen LogP contribution in [-0.2, 0) is 4.74 Å². The fourth-order valence-electron chi connectivity index (χ4n) is 3.36. The van der Waals surface area contributed by atoms with E-state index in [-0.39, 0.29) is 5.88 Å². The van der Waals surface area contributed by atoms with Gasteiger partial charge in [0.2, 0.25) is 5.88 Å². The molecule has 154 valence electrons. The molecular formula is C24H19N3O4. The molecule has 1 N–H and O–H groups in total. The van der Waals surface area contributed by atoms with Crippen LogP contribution in [0.15, 0.2) is 76.5 Å². The second kappa shape index (κ2) is 8.23. The van der Waals surface area contributed by atoms with Crippen molar-refractivity contribution < 1.29 is 14.6 Å². The van der Waals surface area contributed by atoms with Crippen LogP contribution in [-0.4, -0.2) is 34.0 Å². The molecule has 0 aliphatic carbocycles. The zero-order valence-electron chi connectivity index (χ0n) is 16.9. The van der Waals surface area contributed by atoms with Crippen LogP contribution in [0.25, 0.3) is 16.6 Å². The fourth-order valence-corrected chi connectivity index (χ4v) is 3.36. The highest BCUT2D eigenvalue weighted by Gasteiger charge is 2.17. The number of aromatic hydroxyl groups is 1. The van der Waals surface area contributed by atoms with Crippen LogP contribution < -0.4 is 5.56 Å². The molecule has 0 fully saturated rings. The lowest BCUT2D eigenvalue weighted by molar-refractivity contribution is 0.0601. The molecule has 2 heterocycles. The van der Waals surface area contributed by atoms with Gasteiger partial charge in [-0.25, -0.2) is 14.3 Å². The summed E-state index contributed by atoms with van der Waals surface area (Å²) in [4.78, 5) is 34.0. The maximum atomic E-state index is 13.1. The molecule has 0 spiro atoms. The number of carbonyl (C=O) groups excluding carboxylic acids is 1. The van der Waals surface area contributed by atoms with Crippen LogP contribution in [0, 0.1) is 6.92 Å². The Balaban J connectivity index is 1.96. The van der Waals surface area contributed by atoms with Crippen molar-refractivity contribution in [3.63, 3.8) is 0 Å². The van der Waals surface area contributed by atoms with Crippen LogP contribution in [0.2, 0.25) is 0 Å². The molecule has 0 amide bonds. The van der Waals surface area contributed by atoms with Gasteiger partial charge in [0, 0.05) is 22.7 Å². The minimum Gasteiger partial charge on any atom is -0.494 e. The molecule has 0 radical (unpaired) electrons. The van der Waals surface area contributed by atoms with Crippen molar-refractivity contribution in [3.05, 3.63) is 93.9 Å². The van der Waals surface area contributed by atoms with Gasteiger partial charge in [0.05, 0.1) is 23.9 Å². The Labute approximate surface area is 177 Å². The number of carbonyl (C=O) groups is 1. The minimum atomic E-state index is -0.518. The van der Waals surface area contributed by atoms with Crippen LogP contribution >= 0.6 is 0 Å². The summed E-state index contributed by atoms with van der Waals surface area (Å²) < 4.78 is 5.97. The van der Waals surface area contributed by atoms with Gasteiger partial charge >= 0.3 is 5.97 Å². The van der Waals surface area contributed by atoms with E-state index >= 15 is 0 Å². The third-order valence-corrected chi connectivity index (χ3v) is 4.85. The normalized spacial score (nSPS) is 11.2. The first-order valence-electron chi connectivity index (χ1n) is 9.53. The van der Waals surface area contributed by atoms with E-state index in [0.29, 0.717) is 39.1 Å². The highest BCUT2D eigenvalue weighted by molar-refractivity contribution is 6.03. The van der Waals surface area contributed by atoms with Gasteiger partial charge < -0.3 is 9.84 Å². The SMILES string of the molecule is COC(=O)c1ccccc1N=Cc1c(O)n(-c2cccc(C)n2)c(=O)c2ccccc12. The number of esters is 1. The zero-order chi connectivity index (χ0) is 22.0. The van der Waals surface area contributed by atoms with Crippen LogP contribution in [0.5, 0.6) is 5.88 Å². The van der Waals surface area contributed by atoms with Gasteiger partial charge in [0.25, 0.3) is 5.56 Å². The second-order valence-electron chi connectivity index (χ2n) is 6.83. The number of ether oxygens (including phenoxy) is 1. The zero-order valence-corrected chi connectivity index (χ0v) is 16.9. The summed E-state index contributed by atoms with van der Waals surface area (Å²) in [6, 6.07) is 18.9. The average molecular weight is 413 g/mol. The van der Waals surface area contributed by atoms with E-state index in [0.717, 1.165) is 4.57 Å². The monoisotopic (exact) mass is 413 g/mol. The molecule has 7 nitrogen and oxygen atoms in total. The third kappa shape index (κ3) is 3.69. The standard InChI is InChI=1S/C24H19N3O4/c1-15-8-7-13-21(26-15)27-22(28)17-10-4-3-9-16(17)19(23(27)29)14-25-20-12-6-5-11-18(20)24(30)31-2/h3-14,29H,1-2H3. The topological polar surface area (TPSA) is 93.8 Å². The van der Waals surface area contributed by atoms with Crippen LogP contribution in [0.3, 0.4) is 0 Å².